The Kier molecular flexibility index (Phi) is 9.21. The number of nitrogens with zero attached hydrogens (tertiary/aromatic N) is 3. The standard InChI is InChI=1S/C35H35FN4O5/c1-23-13-17-40(18-14-23)16-3-19-43-32-21-29-28(20-31(32)42-2)30(12-15-37-29)44-27-10-8-26(9-11-27)39-34(41)35-38-22-33(45-35)24-4-6-25(36)7-5-24/h4-12,15,20-23H,3,13-14,16-19H2,1-2H3,(H,39,41). The fourth-order valence-corrected chi connectivity index (χ4v) is 5.29. The third kappa shape index (κ3) is 7.41. The molecular formula is C35H35FN4O5. The highest BCUT2D eigenvalue weighted by molar-refractivity contribution is 6.01. The van der Waals surface area contributed by atoms with Gasteiger partial charge in [-0.15, -0.1) is 0 Å². The van der Waals surface area contributed by atoms with Crippen molar-refractivity contribution in [2.75, 3.05) is 38.7 Å². The monoisotopic (exact) mass is 610 g/mol. The number of pyridine rings is 1. The van der Waals surface area contributed by atoms with Gasteiger partial charge in [0.2, 0.25) is 0 Å². The average Bonchev–Trinajstić information content (AvgIpc) is 3.56. The van der Waals surface area contributed by atoms with Crippen LogP contribution in [-0.2, 0) is 0 Å². The number of oxazole rings is 1. The predicted octanol–water partition coefficient (Wildman–Crippen LogP) is 7.58. The van der Waals surface area contributed by atoms with Crippen molar-refractivity contribution in [3.63, 3.8) is 0 Å². The first kappa shape index (κ1) is 30.1. The van der Waals surface area contributed by atoms with Crippen LogP contribution >= 0.6 is 0 Å². The number of fused-ring (bicyclic) bond motifs is 1. The number of methoxy groups -OCH3 is 1. The smallest absolute Gasteiger partial charge is 0.311 e. The number of likely N-dealkylation sites (tertiary alicyclic amines) is 1. The second-order valence-corrected chi connectivity index (χ2v) is 11.2. The van der Waals surface area contributed by atoms with Crippen LogP contribution in [0.15, 0.2) is 83.5 Å². The Balaban J connectivity index is 1.07. The first-order valence-electron chi connectivity index (χ1n) is 15.1. The molecule has 3 aromatic carbocycles. The molecule has 0 saturated carbocycles. The topological polar surface area (TPSA) is 99.0 Å². The Hall–Kier alpha value is -4.96. The number of rotatable bonds is 11. The number of carbonyl (C=O) groups is 1. The number of amides is 1. The summed E-state index contributed by atoms with van der Waals surface area (Å²) < 4.78 is 36.8. The SMILES string of the molecule is COc1cc2c(Oc3ccc(NC(=O)c4ncc(-c5ccc(F)cc5)o4)cc3)ccnc2cc1OCCCN1CCC(C)CC1. The molecule has 1 N–H and O–H groups in total. The lowest BCUT2D eigenvalue weighted by atomic mass is 9.99. The van der Waals surface area contributed by atoms with Gasteiger partial charge in [0.25, 0.3) is 5.89 Å². The van der Waals surface area contributed by atoms with E-state index in [4.69, 9.17) is 18.6 Å². The number of carbonyl (C=O) groups excluding carboxylic acids is 1. The largest absolute Gasteiger partial charge is 0.493 e. The molecule has 3 heterocycles. The molecule has 1 fully saturated rings. The van der Waals surface area contributed by atoms with E-state index in [1.165, 1.54) is 31.2 Å². The van der Waals surface area contributed by atoms with Gasteiger partial charge in [0.15, 0.2) is 17.3 Å². The quantitative estimate of drug-likeness (QED) is 0.153. The molecule has 1 amide bonds. The molecule has 1 aliphatic rings. The number of hydrogen-bond donors (Lipinski definition) is 1. The van der Waals surface area contributed by atoms with Crippen molar-refractivity contribution in [1.82, 2.24) is 14.9 Å². The van der Waals surface area contributed by atoms with Crippen molar-refractivity contribution in [1.29, 1.82) is 0 Å². The van der Waals surface area contributed by atoms with Gasteiger partial charge in [0.05, 0.1) is 25.4 Å². The number of anilines is 1. The highest BCUT2D eigenvalue weighted by atomic mass is 19.1. The minimum absolute atomic E-state index is 0.105. The van der Waals surface area contributed by atoms with Gasteiger partial charge in [-0.2, -0.15) is 0 Å². The van der Waals surface area contributed by atoms with Crippen molar-refractivity contribution in [3.05, 3.63) is 90.8 Å². The Bertz CT molecular complexity index is 1750. The number of benzene rings is 3. The summed E-state index contributed by atoms with van der Waals surface area (Å²) in [6.07, 6.45) is 6.59. The van der Waals surface area contributed by atoms with Gasteiger partial charge >= 0.3 is 5.91 Å². The van der Waals surface area contributed by atoms with E-state index in [1.54, 1.807) is 55.8 Å². The van der Waals surface area contributed by atoms with Gasteiger partial charge < -0.3 is 28.8 Å². The summed E-state index contributed by atoms with van der Waals surface area (Å²) in [7, 11) is 1.62. The summed E-state index contributed by atoms with van der Waals surface area (Å²) in [5.74, 6) is 2.65. The van der Waals surface area contributed by atoms with E-state index in [-0.39, 0.29) is 11.7 Å². The second-order valence-electron chi connectivity index (χ2n) is 11.2. The molecule has 0 spiro atoms. The lowest BCUT2D eigenvalue weighted by molar-refractivity contribution is 0.0991. The maximum absolute atomic E-state index is 13.2. The first-order chi connectivity index (χ1) is 21.9. The maximum atomic E-state index is 13.2. The maximum Gasteiger partial charge on any atom is 0.311 e. The van der Waals surface area contributed by atoms with Gasteiger partial charge in [-0.05, 0) is 98.9 Å². The van der Waals surface area contributed by atoms with Crippen LogP contribution in [0.4, 0.5) is 10.1 Å². The van der Waals surface area contributed by atoms with Crippen LogP contribution in [0, 0.1) is 11.7 Å². The van der Waals surface area contributed by atoms with Crippen LogP contribution < -0.4 is 19.5 Å². The minimum Gasteiger partial charge on any atom is -0.493 e. The van der Waals surface area contributed by atoms with Crippen LogP contribution in [0.3, 0.4) is 0 Å². The van der Waals surface area contributed by atoms with Crippen LogP contribution in [0.25, 0.3) is 22.2 Å². The predicted molar refractivity (Wildman–Crippen MR) is 170 cm³/mol. The summed E-state index contributed by atoms with van der Waals surface area (Å²) in [6.45, 7) is 6.27. The zero-order chi connectivity index (χ0) is 31.2. The molecule has 1 aliphatic heterocycles. The van der Waals surface area contributed by atoms with E-state index < -0.39 is 5.91 Å². The first-order valence-corrected chi connectivity index (χ1v) is 15.1. The van der Waals surface area contributed by atoms with E-state index in [0.29, 0.717) is 46.6 Å². The molecule has 0 bridgehead atoms. The molecule has 9 nitrogen and oxygen atoms in total. The van der Waals surface area contributed by atoms with Gasteiger partial charge in [0, 0.05) is 35.4 Å². The van der Waals surface area contributed by atoms with E-state index in [2.05, 4.69) is 27.1 Å². The molecule has 0 unspecified atom stereocenters. The number of piperidine rings is 1. The molecule has 0 aliphatic carbocycles. The van der Waals surface area contributed by atoms with Crippen molar-refractivity contribution in [3.8, 4) is 34.3 Å². The Morgan fingerprint density at radius 1 is 1.00 bits per heavy atom. The average molecular weight is 611 g/mol. The third-order valence-electron chi connectivity index (χ3n) is 7.91. The Morgan fingerprint density at radius 2 is 1.78 bits per heavy atom. The summed E-state index contributed by atoms with van der Waals surface area (Å²) in [4.78, 5) is 23.8. The highest BCUT2D eigenvalue weighted by Crippen LogP contribution is 2.37. The van der Waals surface area contributed by atoms with E-state index in [1.807, 2.05) is 12.1 Å². The normalized spacial score (nSPS) is 13.9. The Morgan fingerprint density at radius 3 is 2.53 bits per heavy atom. The van der Waals surface area contributed by atoms with Gasteiger partial charge in [-0.1, -0.05) is 6.92 Å². The van der Waals surface area contributed by atoms with E-state index >= 15 is 0 Å². The van der Waals surface area contributed by atoms with Gasteiger partial charge in [0.1, 0.15) is 17.3 Å². The van der Waals surface area contributed by atoms with E-state index in [0.717, 1.165) is 42.9 Å². The molecular weight excluding hydrogens is 575 g/mol. The Labute approximate surface area is 261 Å². The van der Waals surface area contributed by atoms with Crippen LogP contribution in [0.1, 0.15) is 36.9 Å². The fourth-order valence-electron chi connectivity index (χ4n) is 5.29. The zero-order valence-electron chi connectivity index (χ0n) is 25.3. The van der Waals surface area contributed by atoms with E-state index in [9.17, 15) is 9.18 Å². The van der Waals surface area contributed by atoms with Gasteiger partial charge in [-0.25, -0.2) is 9.37 Å². The van der Waals surface area contributed by atoms with Gasteiger partial charge in [-0.3, -0.25) is 9.78 Å². The zero-order valence-corrected chi connectivity index (χ0v) is 25.3. The van der Waals surface area contributed by atoms with Crippen LogP contribution in [0.2, 0.25) is 0 Å². The molecule has 10 heteroatoms. The lowest BCUT2D eigenvalue weighted by Crippen LogP contribution is -2.34. The van der Waals surface area contributed by atoms with Crippen LogP contribution in [0.5, 0.6) is 23.0 Å². The molecule has 1 saturated heterocycles. The van der Waals surface area contributed by atoms with Crippen molar-refractivity contribution >= 4 is 22.5 Å². The molecule has 0 atom stereocenters. The second kappa shape index (κ2) is 13.8. The van der Waals surface area contributed by atoms with Crippen molar-refractivity contribution < 1.29 is 27.8 Å². The van der Waals surface area contributed by atoms with Crippen molar-refractivity contribution in [2.24, 2.45) is 5.92 Å². The number of aromatic nitrogens is 2. The van der Waals surface area contributed by atoms with Crippen molar-refractivity contribution in [2.45, 2.75) is 26.2 Å². The molecule has 5 aromatic rings. The summed E-state index contributed by atoms with van der Waals surface area (Å²) in [5, 5.41) is 3.54. The number of hydrogen-bond acceptors (Lipinski definition) is 8. The summed E-state index contributed by atoms with van der Waals surface area (Å²) >= 11 is 0. The van der Waals surface area contributed by atoms with Crippen LogP contribution in [-0.4, -0.2) is 54.1 Å². The fraction of sp³-hybridized carbons (Fsp3) is 0.286. The minimum atomic E-state index is -0.511. The molecule has 2 aromatic heterocycles. The molecule has 0 radical (unpaired) electrons. The summed E-state index contributed by atoms with van der Waals surface area (Å²) in [6, 6.07) is 18.2. The lowest BCUT2D eigenvalue weighted by Gasteiger charge is -2.30. The number of ether oxygens (including phenoxy) is 3. The third-order valence-corrected chi connectivity index (χ3v) is 7.91. The molecule has 6 rings (SSSR count). The molecule has 45 heavy (non-hydrogen) atoms. The highest BCUT2D eigenvalue weighted by Gasteiger charge is 2.17. The summed E-state index contributed by atoms with van der Waals surface area (Å²) in [5.41, 5.74) is 1.88. The number of nitrogens with one attached hydrogen (secondary N) is 1. The number of halogens is 1. The molecule has 232 valence electrons.